The first-order valence-corrected chi connectivity index (χ1v) is 7.75. The van der Waals surface area contributed by atoms with Crippen molar-refractivity contribution in [3.8, 4) is 5.75 Å². The van der Waals surface area contributed by atoms with Crippen LogP contribution in [-0.4, -0.2) is 29.2 Å². The molecule has 0 atom stereocenters. The number of benzene rings is 1. The number of aryl methyl sites for hydroxylation is 1. The minimum atomic E-state index is 0.658. The second kappa shape index (κ2) is 8.70. The summed E-state index contributed by atoms with van der Waals surface area (Å²) in [5, 5.41) is 4.18. The summed E-state index contributed by atoms with van der Waals surface area (Å²) in [5.41, 5.74) is 1.20. The van der Waals surface area contributed by atoms with E-state index in [1.807, 2.05) is 43.8 Å². The summed E-state index contributed by atoms with van der Waals surface area (Å²) in [5.74, 6) is 0.894. The topological polar surface area (TPSA) is 39.1 Å². The van der Waals surface area contributed by atoms with Crippen molar-refractivity contribution in [1.82, 2.24) is 14.9 Å². The molecule has 0 aliphatic carbocycles. The Morgan fingerprint density at radius 3 is 3.00 bits per heavy atom. The van der Waals surface area contributed by atoms with Gasteiger partial charge in [-0.3, -0.25) is 0 Å². The Morgan fingerprint density at radius 1 is 1.33 bits per heavy atom. The molecule has 0 radical (unpaired) electrons. The van der Waals surface area contributed by atoms with Crippen LogP contribution in [0, 0.1) is 0 Å². The third-order valence-electron chi connectivity index (χ3n) is 3.23. The molecule has 4 nitrogen and oxygen atoms in total. The van der Waals surface area contributed by atoms with Gasteiger partial charge < -0.3 is 14.6 Å². The number of nitrogens with one attached hydrogen (secondary N) is 1. The molecule has 0 spiro atoms. The fraction of sp³-hybridized carbons (Fsp3) is 0.438. The highest BCUT2D eigenvalue weighted by Gasteiger charge is 2.04. The van der Waals surface area contributed by atoms with Gasteiger partial charge >= 0.3 is 0 Å². The van der Waals surface area contributed by atoms with Crippen molar-refractivity contribution in [3.63, 3.8) is 0 Å². The summed E-state index contributed by atoms with van der Waals surface area (Å²) in [6.45, 7) is 5.57. The molecule has 1 N–H and O–H groups in total. The fourth-order valence-corrected chi connectivity index (χ4v) is 2.34. The Balaban J connectivity index is 1.68. The van der Waals surface area contributed by atoms with E-state index < -0.39 is 0 Å². The average Bonchev–Trinajstić information content (AvgIpc) is 2.98. The summed E-state index contributed by atoms with van der Waals surface area (Å²) in [6.07, 6.45) is 7.68. The second-order valence-corrected chi connectivity index (χ2v) is 5.28. The largest absolute Gasteiger partial charge is 0.494 e. The van der Waals surface area contributed by atoms with E-state index in [2.05, 4.69) is 14.9 Å². The molecular formula is C16H22ClN3O. The maximum atomic E-state index is 6.00. The van der Waals surface area contributed by atoms with E-state index in [4.69, 9.17) is 16.3 Å². The van der Waals surface area contributed by atoms with Crippen molar-refractivity contribution in [2.24, 2.45) is 0 Å². The highest BCUT2D eigenvalue weighted by atomic mass is 35.5. The molecule has 21 heavy (non-hydrogen) atoms. The van der Waals surface area contributed by atoms with E-state index in [1.54, 1.807) is 0 Å². The van der Waals surface area contributed by atoms with Crippen molar-refractivity contribution in [2.45, 2.75) is 26.3 Å². The lowest BCUT2D eigenvalue weighted by Crippen LogP contribution is -2.20. The SMILES string of the molecule is CCOc1cc(Cl)ccc1CCNCCCn1ccnc1. The Kier molecular flexibility index (Phi) is 6.57. The van der Waals surface area contributed by atoms with Crippen LogP contribution < -0.4 is 10.1 Å². The predicted octanol–water partition coefficient (Wildman–Crippen LogP) is 3.16. The lowest BCUT2D eigenvalue weighted by Gasteiger charge is -2.11. The summed E-state index contributed by atoms with van der Waals surface area (Å²) in [6, 6.07) is 5.85. The first-order chi connectivity index (χ1) is 10.3. The quantitative estimate of drug-likeness (QED) is 0.723. The Labute approximate surface area is 131 Å². The molecule has 1 heterocycles. The second-order valence-electron chi connectivity index (χ2n) is 4.84. The van der Waals surface area contributed by atoms with Gasteiger partial charge in [-0.15, -0.1) is 0 Å². The van der Waals surface area contributed by atoms with Gasteiger partial charge in [0.25, 0.3) is 0 Å². The third-order valence-corrected chi connectivity index (χ3v) is 3.46. The fourth-order valence-electron chi connectivity index (χ4n) is 2.18. The lowest BCUT2D eigenvalue weighted by atomic mass is 10.1. The number of ether oxygens (including phenoxy) is 1. The van der Waals surface area contributed by atoms with Crippen LogP contribution in [0.15, 0.2) is 36.9 Å². The normalized spacial score (nSPS) is 10.8. The van der Waals surface area contributed by atoms with Gasteiger partial charge in [0.15, 0.2) is 0 Å². The molecule has 0 amide bonds. The molecule has 0 bridgehead atoms. The van der Waals surface area contributed by atoms with Crippen molar-refractivity contribution in [2.75, 3.05) is 19.7 Å². The lowest BCUT2D eigenvalue weighted by molar-refractivity contribution is 0.336. The van der Waals surface area contributed by atoms with Crippen LogP contribution in [0.2, 0.25) is 5.02 Å². The molecule has 0 saturated heterocycles. The minimum absolute atomic E-state index is 0.658. The highest BCUT2D eigenvalue weighted by Crippen LogP contribution is 2.23. The molecule has 2 aromatic rings. The molecular weight excluding hydrogens is 286 g/mol. The Hall–Kier alpha value is -1.52. The molecule has 0 saturated carbocycles. The minimum Gasteiger partial charge on any atom is -0.494 e. The van der Waals surface area contributed by atoms with Gasteiger partial charge in [0, 0.05) is 24.0 Å². The first kappa shape index (κ1) is 15.9. The summed E-state index contributed by atoms with van der Waals surface area (Å²) >= 11 is 6.00. The van der Waals surface area contributed by atoms with Crippen LogP contribution in [0.3, 0.4) is 0 Å². The number of hydrogen-bond acceptors (Lipinski definition) is 3. The van der Waals surface area contributed by atoms with E-state index in [0.717, 1.165) is 43.2 Å². The first-order valence-electron chi connectivity index (χ1n) is 7.37. The number of hydrogen-bond donors (Lipinski definition) is 1. The van der Waals surface area contributed by atoms with Crippen LogP contribution in [0.5, 0.6) is 5.75 Å². The summed E-state index contributed by atoms with van der Waals surface area (Å²) in [7, 11) is 0. The van der Waals surface area contributed by atoms with Crippen LogP contribution in [0.1, 0.15) is 18.9 Å². The zero-order chi connectivity index (χ0) is 14.9. The smallest absolute Gasteiger partial charge is 0.123 e. The van der Waals surface area contributed by atoms with Gasteiger partial charge in [-0.05, 0) is 50.6 Å². The van der Waals surface area contributed by atoms with Crippen LogP contribution >= 0.6 is 11.6 Å². The van der Waals surface area contributed by atoms with E-state index >= 15 is 0 Å². The zero-order valence-electron chi connectivity index (χ0n) is 12.4. The predicted molar refractivity (Wildman–Crippen MR) is 86.0 cm³/mol. The van der Waals surface area contributed by atoms with Gasteiger partial charge in [0.05, 0.1) is 12.9 Å². The standard InChI is InChI=1S/C16H22ClN3O/c1-2-21-16-12-15(17)5-4-14(16)6-8-18-7-3-10-20-11-9-19-13-20/h4-5,9,11-13,18H,2-3,6-8,10H2,1H3. The van der Waals surface area contributed by atoms with Crippen LogP contribution in [-0.2, 0) is 13.0 Å². The molecule has 0 unspecified atom stereocenters. The number of imidazole rings is 1. The van der Waals surface area contributed by atoms with Crippen LogP contribution in [0.25, 0.3) is 0 Å². The molecule has 0 aliphatic heterocycles. The number of nitrogens with zero attached hydrogens (tertiary/aromatic N) is 2. The number of aromatic nitrogens is 2. The summed E-state index contributed by atoms with van der Waals surface area (Å²) in [4.78, 5) is 4.03. The van der Waals surface area contributed by atoms with E-state index in [0.29, 0.717) is 6.61 Å². The van der Waals surface area contributed by atoms with Crippen molar-refractivity contribution in [1.29, 1.82) is 0 Å². The molecule has 0 aliphatic rings. The Morgan fingerprint density at radius 2 is 2.24 bits per heavy atom. The number of halogens is 1. The monoisotopic (exact) mass is 307 g/mol. The maximum Gasteiger partial charge on any atom is 0.123 e. The van der Waals surface area contributed by atoms with E-state index in [9.17, 15) is 0 Å². The van der Waals surface area contributed by atoms with E-state index in [1.165, 1.54) is 5.56 Å². The molecule has 1 aromatic heterocycles. The molecule has 0 fully saturated rings. The molecule has 114 valence electrons. The number of rotatable bonds is 9. The summed E-state index contributed by atoms with van der Waals surface area (Å²) < 4.78 is 7.71. The average molecular weight is 308 g/mol. The van der Waals surface area contributed by atoms with Gasteiger partial charge in [0.2, 0.25) is 0 Å². The molecule has 5 heteroatoms. The molecule has 1 aromatic carbocycles. The van der Waals surface area contributed by atoms with Crippen molar-refractivity contribution in [3.05, 3.63) is 47.5 Å². The van der Waals surface area contributed by atoms with Gasteiger partial charge in [-0.2, -0.15) is 0 Å². The zero-order valence-corrected chi connectivity index (χ0v) is 13.1. The Bertz CT molecular complexity index is 528. The van der Waals surface area contributed by atoms with Gasteiger partial charge in [0.1, 0.15) is 5.75 Å². The van der Waals surface area contributed by atoms with Gasteiger partial charge in [-0.25, -0.2) is 4.98 Å². The molecule has 2 rings (SSSR count). The maximum absolute atomic E-state index is 6.00. The third kappa shape index (κ3) is 5.40. The highest BCUT2D eigenvalue weighted by molar-refractivity contribution is 6.30. The van der Waals surface area contributed by atoms with E-state index in [-0.39, 0.29) is 0 Å². The van der Waals surface area contributed by atoms with Gasteiger partial charge in [-0.1, -0.05) is 17.7 Å². The van der Waals surface area contributed by atoms with Crippen LogP contribution in [0.4, 0.5) is 0 Å². The van der Waals surface area contributed by atoms with Crippen molar-refractivity contribution >= 4 is 11.6 Å². The van der Waals surface area contributed by atoms with Crippen molar-refractivity contribution < 1.29 is 4.74 Å².